The van der Waals surface area contributed by atoms with Crippen molar-refractivity contribution in [2.75, 3.05) is 0 Å². The summed E-state index contributed by atoms with van der Waals surface area (Å²) in [6, 6.07) is 33.5. The van der Waals surface area contributed by atoms with E-state index in [1.54, 1.807) is 0 Å². The molecule has 0 heterocycles. The van der Waals surface area contributed by atoms with Crippen LogP contribution in [0.15, 0.2) is 91.0 Å². The fraction of sp³-hybridized carbons (Fsp3) is 0.500. The van der Waals surface area contributed by atoms with Crippen LogP contribution in [-0.4, -0.2) is 30.8 Å². The Labute approximate surface area is 258 Å². The number of hydrogen-bond acceptors (Lipinski definition) is 1. The van der Waals surface area contributed by atoms with Gasteiger partial charge in [-0.15, -0.1) is 0 Å². The summed E-state index contributed by atoms with van der Waals surface area (Å²) in [6.45, 7) is 19.0. The Morgan fingerprint density at radius 3 is 1.15 bits per heavy atom. The van der Waals surface area contributed by atoms with Gasteiger partial charge in [-0.3, -0.25) is 4.79 Å². The molecule has 3 rings (SSSR count). The van der Waals surface area contributed by atoms with E-state index < -0.39 is 25.7 Å². The molecule has 0 amide bonds. The van der Waals surface area contributed by atoms with Crippen LogP contribution in [0.1, 0.15) is 97.8 Å². The molecule has 0 spiro atoms. The molecule has 1 N–H and O–H groups in total. The Hall–Kier alpha value is -2.07. The summed E-state index contributed by atoms with van der Waals surface area (Å²) in [6.07, 6.45) is 3.36. The minimum atomic E-state index is -1.84. The van der Waals surface area contributed by atoms with Gasteiger partial charge in [0.25, 0.3) is 0 Å². The van der Waals surface area contributed by atoms with Gasteiger partial charge in [-0.05, 0) is 12.3 Å². The van der Waals surface area contributed by atoms with Crippen molar-refractivity contribution >= 4 is 25.7 Å². The van der Waals surface area contributed by atoms with Gasteiger partial charge in [-0.25, -0.2) is 0 Å². The third-order valence-corrected chi connectivity index (χ3v) is 20.5. The first kappa shape index (κ1) is 35.1. The van der Waals surface area contributed by atoms with E-state index in [0.717, 1.165) is 19.3 Å². The van der Waals surface area contributed by atoms with Gasteiger partial charge in [0, 0.05) is 6.42 Å². The molecular formula is C38H55O2Sn. The number of carboxylic acid groups (broad SMARTS) is 1. The molecule has 0 fully saturated rings. The molecule has 0 saturated heterocycles. The van der Waals surface area contributed by atoms with Gasteiger partial charge in [0.05, 0.1) is 0 Å². The second-order valence-corrected chi connectivity index (χ2v) is 21.0. The van der Waals surface area contributed by atoms with Crippen molar-refractivity contribution in [1.82, 2.24) is 0 Å². The molecule has 0 unspecified atom stereocenters. The quantitative estimate of drug-likeness (QED) is 0.175. The van der Waals surface area contributed by atoms with Crippen molar-refractivity contribution in [3.05, 3.63) is 108 Å². The predicted octanol–water partition coefficient (Wildman–Crippen LogP) is 10.7. The van der Waals surface area contributed by atoms with Crippen LogP contribution in [0.25, 0.3) is 0 Å². The summed E-state index contributed by atoms with van der Waals surface area (Å²) in [5.41, 5.74) is 5.16. The van der Waals surface area contributed by atoms with Crippen LogP contribution in [0.2, 0.25) is 13.3 Å². The van der Waals surface area contributed by atoms with E-state index in [1.165, 1.54) is 30.0 Å². The summed E-state index contributed by atoms with van der Waals surface area (Å²) < 4.78 is 4.14. The molecule has 3 aromatic carbocycles. The Kier molecular flexibility index (Phi) is 14.2. The van der Waals surface area contributed by atoms with E-state index in [4.69, 9.17) is 5.11 Å². The maximum Gasteiger partial charge on any atom is 0.303 e. The standard InChI is InChI=1S/3C10H13.C8H16O2.Sn/c3*1-10(2,3)9-7-5-4-6-8-9;1-3-7(4-2)5-6-8(9)10;/h3*4-8H,1H2,2-3H3;7H,3-6H2,1-2H3,(H,9,10);. The van der Waals surface area contributed by atoms with Crippen LogP contribution in [0.4, 0.5) is 0 Å². The minimum Gasteiger partial charge on any atom is -0.481 e. The molecule has 223 valence electrons. The van der Waals surface area contributed by atoms with E-state index in [-0.39, 0.29) is 16.2 Å². The SMILES string of the molecule is CC(C)([CH2][Sn]([CH2]C(C)(C)c1ccccc1)[CH2]C(C)(C)c1ccccc1)c1ccccc1.CCC(CC)CCC(=O)O. The molecule has 2 nitrogen and oxygen atoms in total. The van der Waals surface area contributed by atoms with Crippen molar-refractivity contribution in [2.45, 2.75) is 111 Å². The van der Waals surface area contributed by atoms with E-state index in [9.17, 15) is 4.79 Å². The summed E-state index contributed by atoms with van der Waals surface area (Å²) in [7, 11) is 0. The zero-order valence-electron chi connectivity index (χ0n) is 27.0. The Bertz CT molecular complexity index is 1010. The predicted molar refractivity (Wildman–Crippen MR) is 180 cm³/mol. The van der Waals surface area contributed by atoms with Crippen LogP contribution in [-0.2, 0) is 21.0 Å². The molecule has 0 saturated carbocycles. The monoisotopic (exact) mass is 663 g/mol. The zero-order chi connectivity index (χ0) is 30.5. The molecule has 0 aliphatic rings. The van der Waals surface area contributed by atoms with Crippen molar-refractivity contribution in [3.63, 3.8) is 0 Å². The van der Waals surface area contributed by atoms with E-state index >= 15 is 0 Å². The molecule has 0 aromatic heterocycles. The van der Waals surface area contributed by atoms with Crippen molar-refractivity contribution < 1.29 is 9.90 Å². The number of rotatable bonds is 14. The van der Waals surface area contributed by atoms with Crippen LogP contribution in [0.5, 0.6) is 0 Å². The third-order valence-electron chi connectivity index (χ3n) is 8.66. The van der Waals surface area contributed by atoms with Crippen molar-refractivity contribution in [1.29, 1.82) is 0 Å². The molecule has 0 bridgehead atoms. The average Bonchev–Trinajstić information content (AvgIpc) is 2.94. The number of benzene rings is 3. The van der Waals surface area contributed by atoms with Gasteiger partial charge < -0.3 is 5.11 Å². The summed E-state index contributed by atoms with van der Waals surface area (Å²) in [5, 5.41) is 8.35. The molecule has 0 aliphatic carbocycles. The maximum absolute atomic E-state index is 10.1. The second-order valence-electron chi connectivity index (χ2n) is 13.6. The molecule has 0 aliphatic heterocycles. The van der Waals surface area contributed by atoms with E-state index in [0.29, 0.717) is 12.3 Å². The molecular weight excluding hydrogens is 607 g/mol. The molecule has 1 radical (unpaired) electrons. The van der Waals surface area contributed by atoms with E-state index in [2.05, 4.69) is 146 Å². The van der Waals surface area contributed by atoms with Crippen LogP contribution >= 0.6 is 0 Å². The summed E-state index contributed by atoms with van der Waals surface area (Å²) >= 11 is -1.84. The van der Waals surface area contributed by atoms with E-state index in [1.807, 2.05) is 0 Å². The fourth-order valence-corrected chi connectivity index (χ4v) is 19.6. The Balaban J connectivity index is 0.000000503. The number of aliphatic carboxylic acids is 1. The first-order valence-electron chi connectivity index (χ1n) is 15.5. The zero-order valence-corrected chi connectivity index (χ0v) is 29.9. The first-order valence-corrected chi connectivity index (χ1v) is 21.6. The Morgan fingerprint density at radius 1 is 0.610 bits per heavy atom. The van der Waals surface area contributed by atoms with Gasteiger partial charge in [0.15, 0.2) is 0 Å². The first-order chi connectivity index (χ1) is 19.3. The summed E-state index contributed by atoms with van der Waals surface area (Å²) in [5.74, 6) is -0.0667. The van der Waals surface area contributed by atoms with Crippen LogP contribution in [0, 0.1) is 5.92 Å². The minimum absolute atomic E-state index is 0.232. The summed E-state index contributed by atoms with van der Waals surface area (Å²) in [4.78, 5) is 10.1. The van der Waals surface area contributed by atoms with Gasteiger partial charge >= 0.3 is 205 Å². The molecule has 41 heavy (non-hydrogen) atoms. The van der Waals surface area contributed by atoms with Crippen LogP contribution < -0.4 is 0 Å². The number of carboxylic acids is 1. The Morgan fingerprint density at radius 2 is 0.902 bits per heavy atom. The largest absolute Gasteiger partial charge is 0.481 e. The van der Waals surface area contributed by atoms with Crippen molar-refractivity contribution in [3.8, 4) is 0 Å². The van der Waals surface area contributed by atoms with Crippen molar-refractivity contribution in [2.24, 2.45) is 5.92 Å². The van der Waals surface area contributed by atoms with Gasteiger partial charge in [-0.2, -0.15) is 0 Å². The molecule has 3 heteroatoms. The van der Waals surface area contributed by atoms with Gasteiger partial charge in [0.1, 0.15) is 0 Å². The maximum atomic E-state index is 10.1. The molecule has 3 aromatic rings. The normalized spacial score (nSPS) is 12.2. The van der Waals surface area contributed by atoms with Gasteiger partial charge in [-0.1, -0.05) is 26.7 Å². The third kappa shape index (κ3) is 12.0. The number of hydrogen-bond donors (Lipinski definition) is 1. The number of carbonyl (C=O) groups is 1. The molecule has 0 atom stereocenters. The topological polar surface area (TPSA) is 37.3 Å². The fourth-order valence-electron chi connectivity index (χ4n) is 6.06. The second kappa shape index (κ2) is 16.5. The average molecular weight is 663 g/mol. The van der Waals surface area contributed by atoms with Crippen LogP contribution in [0.3, 0.4) is 0 Å². The smallest absolute Gasteiger partial charge is 0.303 e. The van der Waals surface area contributed by atoms with Gasteiger partial charge in [0.2, 0.25) is 0 Å².